The van der Waals surface area contributed by atoms with Crippen molar-refractivity contribution in [3.8, 4) is 0 Å². The molecule has 1 aliphatic rings. The number of hydrogen-bond acceptors (Lipinski definition) is 5. The number of pyridine rings is 1. The predicted molar refractivity (Wildman–Crippen MR) is 94.0 cm³/mol. The summed E-state index contributed by atoms with van der Waals surface area (Å²) in [6.45, 7) is 7.46. The first-order valence-corrected chi connectivity index (χ1v) is 8.33. The molecule has 0 radical (unpaired) electrons. The molecule has 3 rings (SSSR count). The summed E-state index contributed by atoms with van der Waals surface area (Å²) in [5.74, 6) is 1.45. The van der Waals surface area contributed by atoms with Gasteiger partial charge in [-0.2, -0.15) is 0 Å². The molecule has 0 aliphatic carbocycles. The van der Waals surface area contributed by atoms with Gasteiger partial charge in [0, 0.05) is 36.1 Å². The minimum absolute atomic E-state index is 0.00877. The van der Waals surface area contributed by atoms with Crippen LogP contribution in [0.15, 0.2) is 24.3 Å². The summed E-state index contributed by atoms with van der Waals surface area (Å²) in [6, 6.07) is 7.61. The van der Waals surface area contributed by atoms with Crippen LogP contribution in [0.2, 0.25) is 0 Å². The van der Waals surface area contributed by atoms with E-state index in [2.05, 4.69) is 25.2 Å². The predicted octanol–water partition coefficient (Wildman–Crippen LogP) is 2.65. The van der Waals surface area contributed by atoms with Crippen LogP contribution in [0, 0.1) is 26.7 Å². The van der Waals surface area contributed by atoms with E-state index in [4.69, 9.17) is 0 Å². The summed E-state index contributed by atoms with van der Waals surface area (Å²) in [7, 11) is 0. The van der Waals surface area contributed by atoms with Gasteiger partial charge in [0.25, 0.3) is 0 Å². The van der Waals surface area contributed by atoms with Gasteiger partial charge in [0.05, 0.1) is 0 Å². The molecule has 0 unspecified atom stereocenters. The number of nitrogens with zero attached hydrogens (tertiary/aromatic N) is 4. The number of aromatic nitrogens is 3. The monoisotopic (exact) mass is 325 g/mol. The van der Waals surface area contributed by atoms with Crippen molar-refractivity contribution >= 4 is 17.7 Å². The Kier molecular flexibility index (Phi) is 4.74. The molecule has 1 aliphatic heterocycles. The molecule has 6 nitrogen and oxygen atoms in total. The van der Waals surface area contributed by atoms with E-state index < -0.39 is 0 Å². The molecule has 2 aromatic rings. The van der Waals surface area contributed by atoms with E-state index in [9.17, 15) is 4.79 Å². The maximum Gasteiger partial charge on any atom is 0.228 e. The molecule has 2 aromatic heterocycles. The first-order chi connectivity index (χ1) is 11.5. The van der Waals surface area contributed by atoms with E-state index in [1.807, 2.05) is 45.0 Å². The van der Waals surface area contributed by atoms with Gasteiger partial charge in [0.1, 0.15) is 5.82 Å². The maximum atomic E-state index is 12.4. The van der Waals surface area contributed by atoms with Crippen LogP contribution in [0.5, 0.6) is 0 Å². The van der Waals surface area contributed by atoms with Gasteiger partial charge in [0.15, 0.2) is 0 Å². The minimum Gasteiger partial charge on any atom is -0.341 e. The van der Waals surface area contributed by atoms with Gasteiger partial charge in [-0.25, -0.2) is 15.0 Å². The third kappa shape index (κ3) is 3.88. The molecule has 1 amide bonds. The van der Waals surface area contributed by atoms with E-state index in [0.717, 1.165) is 49.0 Å². The Labute approximate surface area is 142 Å². The van der Waals surface area contributed by atoms with Gasteiger partial charge in [-0.3, -0.25) is 4.79 Å². The Bertz CT molecular complexity index is 718. The Morgan fingerprint density at radius 2 is 1.71 bits per heavy atom. The van der Waals surface area contributed by atoms with Crippen molar-refractivity contribution in [1.82, 2.24) is 15.0 Å². The Morgan fingerprint density at radius 3 is 2.33 bits per heavy atom. The zero-order chi connectivity index (χ0) is 17.1. The average Bonchev–Trinajstić information content (AvgIpc) is 2.54. The van der Waals surface area contributed by atoms with Crippen LogP contribution in [-0.2, 0) is 4.79 Å². The van der Waals surface area contributed by atoms with E-state index in [1.54, 1.807) is 0 Å². The second-order valence-electron chi connectivity index (χ2n) is 6.37. The lowest BCUT2D eigenvalue weighted by Crippen LogP contribution is -2.39. The molecule has 1 saturated heterocycles. The molecule has 126 valence electrons. The van der Waals surface area contributed by atoms with E-state index in [-0.39, 0.29) is 11.8 Å². The van der Waals surface area contributed by atoms with Crippen molar-refractivity contribution < 1.29 is 4.79 Å². The molecule has 24 heavy (non-hydrogen) atoms. The summed E-state index contributed by atoms with van der Waals surface area (Å²) in [5.41, 5.74) is 2.85. The van der Waals surface area contributed by atoms with Crippen LogP contribution in [0.1, 0.15) is 29.9 Å². The van der Waals surface area contributed by atoms with Crippen LogP contribution in [0.4, 0.5) is 11.8 Å². The number of piperidine rings is 1. The SMILES string of the molecule is Cc1cccc(NC(=O)C2CCN(c3nc(C)cc(C)n3)CC2)n1. The molecule has 6 heteroatoms. The first-order valence-electron chi connectivity index (χ1n) is 8.33. The van der Waals surface area contributed by atoms with Gasteiger partial charge >= 0.3 is 0 Å². The number of amides is 1. The number of carbonyl (C=O) groups is 1. The number of rotatable bonds is 3. The summed E-state index contributed by atoms with van der Waals surface area (Å²) in [6.07, 6.45) is 1.60. The van der Waals surface area contributed by atoms with Crippen molar-refractivity contribution in [2.75, 3.05) is 23.3 Å². The van der Waals surface area contributed by atoms with Crippen molar-refractivity contribution in [2.24, 2.45) is 5.92 Å². The lowest BCUT2D eigenvalue weighted by molar-refractivity contribution is -0.120. The smallest absolute Gasteiger partial charge is 0.228 e. The topological polar surface area (TPSA) is 71.0 Å². The Hall–Kier alpha value is -2.50. The summed E-state index contributed by atoms with van der Waals surface area (Å²) in [4.78, 5) is 27.9. The highest BCUT2D eigenvalue weighted by Gasteiger charge is 2.26. The standard InChI is InChI=1S/C18H23N5O/c1-12-5-4-6-16(19-12)22-17(24)15-7-9-23(10-8-15)18-20-13(2)11-14(3)21-18/h4-6,11,15H,7-10H2,1-3H3,(H,19,22,24). The van der Waals surface area contributed by atoms with Gasteiger partial charge in [-0.15, -0.1) is 0 Å². The van der Waals surface area contributed by atoms with Gasteiger partial charge < -0.3 is 10.2 Å². The molecule has 0 saturated carbocycles. The Balaban J connectivity index is 1.59. The number of aryl methyl sites for hydroxylation is 3. The van der Waals surface area contributed by atoms with E-state index in [0.29, 0.717) is 5.82 Å². The molecular weight excluding hydrogens is 302 g/mol. The van der Waals surface area contributed by atoms with Crippen LogP contribution in [-0.4, -0.2) is 33.9 Å². The molecule has 0 atom stereocenters. The van der Waals surface area contributed by atoms with E-state index >= 15 is 0 Å². The molecule has 0 aromatic carbocycles. The third-order valence-corrected chi connectivity index (χ3v) is 4.26. The summed E-state index contributed by atoms with van der Waals surface area (Å²) in [5, 5.41) is 2.93. The van der Waals surface area contributed by atoms with Crippen molar-refractivity contribution in [3.63, 3.8) is 0 Å². The molecule has 3 heterocycles. The van der Waals surface area contributed by atoms with E-state index in [1.165, 1.54) is 0 Å². The summed E-state index contributed by atoms with van der Waals surface area (Å²) < 4.78 is 0. The van der Waals surface area contributed by atoms with Crippen molar-refractivity contribution in [1.29, 1.82) is 0 Å². The highest BCUT2D eigenvalue weighted by atomic mass is 16.1. The summed E-state index contributed by atoms with van der Waals surface area (Å²) >= 11 is 0. The van der Waals surface area contributed by atoms with Gasteiger partial charge in [-0.1, -0.05) is 6.07 Å². The fourth-order valence-corrected chi connectivity index (χ4v) is 3.03. The fraction of sp³-hybridized carbons (Fsp3) is 0.444. The number of anilines is 2. The number of hydrogen-bond donors (Lipinski definition) is 1. The molecule has 1 fully saturated rings. The van der Waals surface area contributed by atoms with Gasteiger partial charge in [0.2, 0.25) is 11.9 Å². The lowest BCUT2D eigenvalue weighted by Gasteiger charge is -2.31. The van der Waals surface area contributed by atoms with Crippen molar-refractivity contribution in [3.05, 3.63) is 41.3 Å². The minimum atomic E-state index is 0.00877. The second-order valence-corrected chi connectivity index (χ2v) is 6.37. The van der Waals surface area contributed by atoms with Crippen LogP contribution in [0.25, 0.3) is 0 Å². The highest BCUT2D eigenvalue weighted by molar-refractivity contribution is 5.91. The fourth-order valence-electron chi connectivity index (χ4n) is 3.03. The molecule has 1 N–H and O–H groups in total. The molecule has 0 bridgehead atoms. The van der Waals surface area contributed by atoms with Crippen molar-refractivity contribution in [2.45, 2.75) is 33.6 Å². The number of nitrogens with one attached hydrogen (secondary N) is 1. The second kappa shape index (κ2) is 6.95. The normalized spacial score (nSPS) is 15.4. The quantitative estimate of drug-likeness (QED) is 0.939. The lowest BCUT2D eigenvalue weighted by atomic mass is 9.96. The highest BCUT2D eigenvalue weighted by Crippen LogP contribution is 2.22. The zero-order valence-corrected chi connectivity index (χ0v) is 14.4. The molecule has 0 spiro atoms. The first kappa shape index (κ1) is 16.4. The van der Waals surface area contributed by atoms with Crippen LogP contribution in [0.3, 0.4) is 0 Å². The largest absolute Gasteiger partial charge is 0.341 e. The van der Waals surface area contributed by atoms with Gasteiger partial charge in [-0.05, 0) is 51.8 Å². The Morgan fingerprint density at radius 1 is 1.04 bits per heavy atom. The van der Waals surface area contributed by atoms with Crippen LogP contribution >= 0.6 is 0 Å². The third-order valence-electron chi connectivity index (χ3n) is 4.26. The number of carbonyl (C=O) groups excluding carboxylic acids is 1. The molecular formula is C18H23N5O. The maximum absolute atomic E-state index is 12.4. The zero-order valence-electron chi connectivity index (χ0n) is 14.4. The average molecular weight is 325 g/mol. The van der Waals surface area contributed by atoms with Crippen LogP contribution < -0.4 is 10.2 Å².